The van der Waals surface area contributed by atoms with Crippen molar-refractivity contribution in [3.8, 4) is 0 Å². The summed E-state index contributed by atoms with van der Waals surface area (Å²) in [4.78, 5) is 39.2. The molecule has 0 spiro atoms. The van der Waals surface area contributed by atoms with Crippen molar-refractivity contribution in [2.45, 2.75) is 132 Å². The first-order valence-electron chi connectivity index (χ1n) is 19.1. The van der Waals surface area contributed by atoms with Crippen LogP contribution in [0, 0.1) is 56.7 Å². The molecule has 4 fully saturated rings. The first-order valence-corrected chi connectivity index (χ1v) is 19.1. The highest BCUT2D eigenvalue weighted by Gasteiger charge is 2.72. The van der Waals surface area contributed by atoms with Crippen LogP contribution in [0.5, 0.6) is 0 Å². The minimum absolute atomic E-state index is 0.0704. The molecule has 1 saturated heterocycles. The van der Waals surface area contributed by atoms with E-state index in [4.69, 9.17) is 18.9 Å². The average molecular weight is 688 g/mol. The Bertz CT molecular complexity index is 1300. The van der Waals surface area contributed by atoms with Crippen LogP contribution in [0.25, 0.3) is 0 Å². The molecule has 278 valence electrons. The van der Waals surface area contributed by atoms with Crippen LogP contribution in [-0.2, 0) is 33.3 Å². The summed E-state index contributed by atoms with van der Waals surface area (Å²) in [7, 11) is 0. The fourth-order valence-corrected chi connectivity index (χ4v) is 12.0. The van der Waals surface area contributed by atoms with Gasteiger partial charge in [-0.3, -0.25) is 14.4 Å². The maximum atomic E-state index is 13.4. The van der Waals surface area contributed by atoms with Gasteiger partial charge in [-0.1, -0.05) is 60.1 Å². The van der Waals surface area contributed by atoms with Gasteiger partial charge < -0.3 is 29.4 Å². The lowest BCUT2D eigenvalue weighted by molar-refractivity contribution is -0.262. The topological polar surface area (TPSA) is 120 Å². The molecule has 1 heterocycles. The third-order valence-electron chi connectivity index (χ3n) is 14.9. The van der Waals surface area contributed by atoms with Gasteiger partial charge in [0.1, 0.15) is 12.2 Å². The normalized spacial score (nSPS) is 42.0. The van der Waals surface area contributed by atoms with Gasteiger partial charge in [-0.25, -0.2) is 0 Å². The summed E-state index contributed by atoms with van der Waals surface area (Å²) in [5.41, 5.74) is -0.487. The number of hydrogen-bond acceptors (Lipinski definition) is 8. The van der Waals surface area contributed by atoms with Gasteiger partial charge in [0, 0.05) is 24.4 Å². The minimum atomic E-state index is -0.670. The van der Waals surface area contributed by atoms with E-state index in [1.54, 1.807) is 0 Å². The van der Waals surface area contributed by atoms with Gasteiger partial charge in [-0.05, 0) is 105 Å². The number of allylic oxidation sites excluding steroid dienone is 1. The number of ether oxygens (including phenoxy) is 4. The fraction of sp³-hybridized carbons (Fsp3) is 0.875. The summed E-state index contributed by atoms with van der Waals surface area (Å²) in [6.07, 6.45) is 7.11. The highest BCUT2D eigenvalue weighted by molar-refractivity contribution is 5.73. The largest absolute Gasteiger partial charge is 0.481 e. The third-order valence-corrected chi connectivity index (χ3v) is 14.9. The first kappa shape index (κ1) is 38.3. The zero-order chi connectivity index (χ0) is 36.2. The van der Waals surface area contributed by atoms with Crippen LogP contribution in [0.4, 0.5) is 0 Å². The van der Waals surface area contributed by atoms with Crippen LogP contribution in [-0.4, -0.2) is 74.2 Å². The van der Waals surface area contributed by atoms with Crippen LogP contribution in [0.15, 0.2) is 11.6 Å². The predicted molar refractivity (Wildman–Crippen MR) is 188 cm³/mol. The number of esters is 2. The lowest BCUT2D eigenvalue weighted by Gasteiger charge is -2.71. The van der Waals surface area contributed by atoms with E-state index < -0.39 is 34.9 Å². The molecule has 9 nitrogen and oxygen atoms in total. The van der Waals surface area contributed by atoms with Crippen molar-refractivity contribution >= 4 is 17.9 Å². The minimum Gasteiger partial charge on any atom is -0.481 e. The lowest BCUT2D eigenvalue weighted by Crippen LogP contribution is -2.70. The Morgan fingerprint density at radius 2 is 1.71 bits per heavy atom. The number of carboxylic acid groups (broad SMARTS) is 1. The number of hydrogen-bond donors (Lipinski definition) is 2. The number of carbonyl (C=O) groups excluding carboxylic acids is 2. The fourth-order valence-electron chi connectivity index (χ4n) is 12.0. The van der Waals surface area contributed by atoms with Gasteiger partial charge in [0.15, 0.2) is 0 Å². The van der Waals surface area contributed by atoms with Crippen LogP contribution < -0.4 is 5.32 Å². The summed E-state index contributed by atoms with van der Waals surface area (Å²) in [6, 6.07) is 0. The molecule has 1 aliphatic heterocycles. The summed E-state index contributed by atoms with van der Waals surface area (Å²) in [6.45, 7) is 23.4. The highest BCUT2D eigenvalue weighted by atomic mass is 16.6. The van der Waals surface area contributed by atoms with Crippen molar-refractivity contribution in [2.24, 2.45) is 56.7 Å². The van der Waals surface area contributed by atoms with E-state index in [0.29, 0.717) is 45.1 Å². The van der Waals surface area contributed by atoms with Crippen molar-refractivity contribution in [3.05, 3.63) is 11.6 Å². The van der Waals surface area contributed by atoms with Crippen molar-refractivity contribution in [1.82, 2.24) is 5.32 Å². The van der Waals surface area contributed by atoms with Gasteiger partial charge >= 0.3 is 17.9 Å². The Morgan fingerprint density at radius 1 is 1.00 bits per heavy atom. The van der Waals surface area contributed by atoms with Crippen molar-refractivity contribution in [3.63, 3.8) is 0 Å². The molecule has 11 atom stereocenters. The second kappa shape index (κ2) is 13.9. The van der Waals surface area contributed by atoms with E-state index in [1.165, 1.54) is 12.5 Å². The number of carbonyl (C=O) groups is 3. The maximum absolute atomic E-state index is 13.4. The molecule has 4 aliphatic carbocycles. The molecule has 5 aliphatic rings. The smallest absolute Gasteiger partial charge is 0.320 e. The van der Waals surface area contributed by atoms with Crippen LogP contribution in [0.2, 0.25) is 0 Å². The highest BCUT2D eigenvalue weighted by Crippen LogP contribution is 2.75. The maximum Gasteiger partial charge on any atom is 0.320 e. The summed E-state index contributed by atoms with van der Waals surface area (Å²) < 4.78 is 24.5. The second-order valence-corrected chi connectivity index (χ2v) is 18.1. The van der Waals surface area contributed by atoms with Gasteiger partial charge in [-0.15, -0.1) is 0 Å². The van der Waals surface area contributed by atoms with Crippen LogP contribution >= 0.6 is 0 Å². The summed E-state index contributed by atoms with van der Waals surface area (Å²) in [5.74, 6) is -0.821. The molecule has 9 heteroatoms. The molecular formula is C40H65NO8. The first-order chi connectivity index (χ1) is 22.9. The zero-order valence-electron chi connectivity index (χ0n) is 32.0. The average Bonchev–Trinajstić information content (AvgIpc) is 3.00. The van der Waals surface area contributed by atoms with E-state index in [0.717, 1.165) is 32.1 Å². The monoisotopic (exact) mass is 687 g/mol. The number of fused-ring (bicyclic) bond motifs is 3. The van der Waals surface area contributed by atoms with Gasteiger partial charge in [0.2, 0.25) is 0 Å². The van der Waals surface area contributed by atoms with Crippen molar-refractivity contribution < 1.29 is 38.4 Å². The SMILES string of the molecule is CC(=O)O[C@@H]1C[C@]23COC[C@@](C)([C@@H]2CC[C@H]2C3=CC[C@@]3(C)[C@H](C(=O)O)[C@@](C)([C@H](C)C(C)C)CC[C@]23C)[C@H]1OC(=O)CNCCCOC(C)C. The molecule has 5 rings (SSSR count). The summed E-state index contributed by atoms with van der Waals surface area (Å²) in [5, 5.41) is 14.2. The number of nitrogens with one attached hydrogen (secondary N) is 1. The molecular weight excluding hydrogens is 622 g/mol. The van der Waals surface area contributed by atoms with Crippen molar-refractivity contribution in [2.75, 3.05) is 32.9 Å². The second-order valence-electron chi connectivity index (χ2n) is 18.1. The third kappa shape index (κ3) is 6.30. The molecule has 3 saturated carbocycles. The van der Waals surface area contributed by atoms with Crippen LogP contribution in [0.1, 0.15) is 114 Å². The molecule has 2 N–H and O–H groups in total. The Labute approximate surface area is 295 Å². The predicted octanol–water partition coefficient (Wildman–Crippen LogP) is 6.82. The molecule has 49 heavy (non-hydrogen) atoms. The quantitative estimate of drug-likeness (QED) is 0.129. The van der Waals surface area contributed by atoms with E-state index in [9.17, 15) is 19.5 Å². The molecule has 0 radical (unpaired) electrons. The van der Waals surface area contributed by atoms with E-state index >= 15 is 0 Å². The Balaban J connectivity index is 1.45. The molecule has 2 bridgehead atoms. The molecule has 0 unspecified atom stereocenters. The van der Waals surface area contributed by atoms with Crippen molar-refractivity contribution in [1.29, 1.82) is 0 Å². The van der Waals surface area contributed by atoms with Crippen LogP contribution in [0.3, 0.4) is 0 Å². The van der Waals surface area contributed by atoms with Gasteiger partial charge in [0.25, 0.3) is 0 Å². The van der Waals surface area contributed by atoms with Gasteiger partial charge in [0.05, 0.1) is 31.8 Å². The molecule has 0 aromatic carbocycles. The van der Waals surface area contributed by atoms with E-state index in [2.05, 4.69) is 59.9 Å². The Hall–Kier alpha value is -1.97. The Morgan fingerprint density at radius 3 is 2.35 bits per heavy atom. The number of carboxylic acids is 1. The number of aliphatic carboxylic acids is 1. The lowest BCUT2D eigenvalue weighted by atomic mass is 9.34. The van der Waals surface area contributed by atoms with Gasteiger partial charge in [-0.2, -0.15) is 0 Å². The molecule has 0 aromatic heterocycles. The van der Waals surface area contributed by atoms with E-state index in [-0.39, 0.29) is 58.6 Å². The van der Waals surface area contributed by atoms with E-state index in [1.807, 2.05) is 13.8 Å². The summed E-state index contributed by atoms with van der Waals surface area (Å²) >= 11 is 0. The zero-order valence-corrected chi connectivity index (χ0v) is 32.0. The Kier molecular flexibility index (Phi) is 10.8. The molecule has 0 amide bonds. The number of rotatable bonds is 12. The molecule has 0 aromatic rings. The standard InChI is InChI=1S/C40H65NO8/c1-24(2)26(5)36(7)16-17-38(9)28-12-13-31-37(8)22-46-23-40(31,29(28)14-15-39(38,10)33(36)35(44)45)20-30(48-27(6)42)34(37)49-32(43)21-41-18-11-19-47-25(3)4/h14,24-26,28,30-31,33-34,41H,11-13,15-23H2,1-10H3,(H,44,45)/t26-,28+,30-,31+,33-,34+,36-,37+,38-,39+,40-/m1/s1.